The first-order valence-electron chi connectivity index (χ1n) is 4.17. The van der Waals surface area contributed by atoms with Crippen molar-refractivity contribution in [1.82, 2.24) is 0 Å². The smallest absolute Gasteiger partial charge is 0.127 e. The van der Waals surface area contributed by atoms with Crippen molar-refractivity contribution in [3.8, 4) is 0 Å². The predicted octanol–water partition coefficient (Wildman–Crippen LogP) is 3.71. The van der Waals surface area contributed by atoms with Crippen LogP contribution in [0.2, 0.25) is 5.02 Å². The van der Waals surface area contributed by atoms with Gasteiger partial charge in [0, 0.05) is 5.56 Å². The van der Waals surface area contributed by atoms with Crippen molar-refractivity contribution in [3.05, 3.63) is 40.2 Å². The van der Waals surface area contributed by atoms with Gasteiger partial charge in [-0.15, -0.1) is 0 Å². The van der Waals surface area contributed by atoms with E-state index in [0.29, 0.717) is 27.5 Å². The fourth-order valence-corrected chi connectivity index (χ4v) is 1.58. The third-order valence-electron chi connectivity index (χ3n) is 2.17. The van der Waals surface area contributed by atoms with Crippen LogP contribution in [-0.4, -0.2) is 7.11 Å². The Balaban J connectivity index is 3.47. The summed E-state index contributed by atoms with van der Waals surface area (Å²) in [6.07, 6.45) is 0. The molecule has 0 aliphatic carbocycles. The quantitative estimate of drug-likeness (QED) is 0.682. The summed E-state index contributed by atoms with van der Waals surface area (Å²) in [5.74, 6) is 0.0928. The number of ether oxygens (including phenoxy) is 1. The zero-order valence-electron chi connectivity index (χ0n) is 8.45. The maximum absolute atomic E-state index is 13.4. The van der Waals surface area contributed by atoms with Crippen LogP contribution in [0, 0.1) is 19.7 Å². The molecule has 0 atom stereocenters. The molecule has 0 fully saturated rings. The van der Waals surface area contributed by atoms with Crippen molar-refractivity contribution >= 4 is 17.4 Å². The molecule has 0 aromatic heterocycles. The van der Waals surface area contributed by atoms with Crippen LogP contribution in [0.15, 0.2) is 12.6 Å². The van der Waals surface area contributed by atoms with Gasteiger partial charge in [-0.2, -0.15) is 0 Å². The van der Waals surface area contributed by atoms with E-state index in [-0.39, 0.29) is 5.82 Å². The lowest BCUT2D eigenvalue weighted by molar-refractivity contribution is 0.370. The van der Waals surface area contributed by atoms with E-state index in [1.165, 1.54) is 13.2 Å². The maximum atomic E-state index is 13.4. The van der Waals surface area contributed by atoms with Crippen LogP contribution in [-0.2, 0) is 4.74 Å². The minimum Gasteiger partial charge on any atom is -0.497 e. The topological polar surface area (TPSA) is 9.23 Å². The molecule has 0 saturated carbocycles. The van der Waals surface area contributed by atoms with E-state index in [1.807, 2.05) is 0 Å². The van der Waals surface area contributed by atoms with Gasteiger partial charge in [0.25, 0.3) is 0 Å². The summed E-state index contributed by atoms with van der Waals surface area (Å²) in [6.45, 7) is 7.07. The van der Waals surface area contributed by atoms with E-state index in [1.54, 1.807) is 13.8 Å². The molecule has 1 nitrogen and oxygen atoms in total. The lowest BCUT2D eigenvalue weighted by atomic mass is 10.0. The average Bonchev–Trinajstić information content (AvgIpc) is 2.15. The first-order valence-corrected chi connectivity index (χ1v) is 4.55. The molecule has 1 aromatic carbocycles. The van der Waals surface area contributed by atoms with Crippen LogP contribution in [0.25, 0.3) is 5.76 Å². The second-order valence-corrected chi connectivity index (χ2v) is 3.49. The van der Waals surface area contributed by atoms with Gasteiger partial charge >= 0.3 is 0 Å². The lowest BCUT2D eigenvalue weighted by Crippen LogP contribution is -1.97. The summed E-state index contributed by atoms with van der Waals surface area (Å²) in [5, 5.41) is 0.496. The summed E-state index contributed by atoms with van der Waals surface area (Å²) in [6, 6.07) is 1.41. The number of hydrogen-bond acceptors (Lipinski definition) is 1. The van der Waals surface area contributed by atoms with Gasteiger partial charge in [0.2, 0.25) is 0 Å². The number of methoxy groups -OCH3 is 1. The molecule has 0 aliphatic heterocycles. The highest BCUT2D eigenvalue weighted by Gasteiger charge is 2.14. The van der Waals surface area contributed by atoms with Crippen LogP contribution < -0.4 is 0 Å². The molecule has 76 valence electrons. The predicted molar refractivity (Wildman–Crippen MR) is 56.9 cm³/mol. The largest absolute Gasteiger partial charge is 0.497 e. The highest BCUT2D eigenvalue weighted by atomic mass is 35.5. The number of rotatable bonds is 2. The van der Waals surface area contributed by atoms with Gasteiger partial charge in [-0.05, 0) is 31.0 Å². The van der Waals surface area contributed by atoms with E-state index in [9.17, 15) is 4.39 Å². The Kier molecular flexibility index (Phi) is 3.17. The maximum Gasteiger partial charge on any atom is 0.127 e. The molecule has 14 heavy (non-hydrogen) atoms. The minimum absolute atomic E-state index is 0.292. The average molecular weight is 215 g/mol. The molecule has 0 aliphatic rings. The summed E-state index contributed by atoms with van der Waals surface area (Å²) in [4.78, 5) is 0. The summed E-state index contributed by atoms with van der Waals surface area (Å²) in [5.41, 5.74) is 1.70. The summed E-state index contributed by atoms with van der Waals surface area (Å²) < 4.78 is 18.3. The van der Waals surface area contributed by atoms with E-state index in [0.717, 1.165) is 0 Å². The molecule has 0 heterocycles. The number of aryl methyl sites for hydroxylation is 1. The van der Waals surface area contributed by atoms with Crippen LogP contribution in [0.1, 0.15) is 16.7 Å². The van der Waals surface area contributed by atoms with Gasteiger partial charge in [0.05, 0.1) is 12.1 Å². The van der Waals surface area contributed by atoms with E-state index in [4.69, 9.17) is 16.3 Å². The normalized spacial score (nSPS) is 10.1. The zero-order valence-corrected chi connectivity index (χ0v) is 9.20. The van der Waals surface area contributed by atoms with Crippen LogP contribution in [0.4, 0.5) is 4.39 Å². The van der Waals surface area contributed by atoms with Crippen molar-refractivity contribution in [3.63, 3.8) is 0 Å². The summed E-state index contributed by atoms with van der Waals surface area (Å²) in [7, 11) is 1.48. The standard InChI is InChI=1S/C11H12ClFO/c1-6-5-9(13)7(2)10(11(6)12)8(3)14-4/h5H,3H2,1-2,4H3. The molecule has 3 heteroatoms. The second kappa shape index (κ2) is 4.01. The zero-order chi connectivity index (χ0) is 10.9. The Morgan fingerprint density at radius 1 is 1.50 bits per heavy atom. The Hall–Kier alpha value is -1.02. The van der Waals surface area contributed by atoms with E-state index < -0.39 is 0 Å². The molecule has 1 rings (SSSR count). The van der Waals surface area contributed by atoms with Crippen molar-refractivity contribution in [2.45, 2.75) is 13.8 Å². The van der Waals surface area contributed by atoms with Gasteiger partial charge in [-0.1, -0.05) is 18.2 Å². The fourth-order valence-electron chi connectivity index (χ4n) is 1.28. The summed E-state index contributed by atoms with van der Waals surface area (Å²) >= 11 is 6.04. The Morgan fingerprint density at radius 3 is 2.57 bits per heavy atom. The molecule has 0 saturated heterocycles. The van der Waals surface area contributed by atoms with E-state index >= 15 is 0 Å². The molecule has 1 aromatic rings. The van der Waals surface area contributed by atoms with E-state index in [2.05, 4.69) is 6.58 Å². The fraction of sp³-hybridized carbons (Fsp3) is 0.273. The van der Waals surface area contributed by atoms with Gasteiger partial charge in [-0.25, -0.2) is 4.39 Å². The van der Waals surface area contributed by atoms with Crippen LogP contribution in [0.3, 0.4) is 0 Å². The lowest BCUT2D eigenvalue weighted by Gasteiger charge is -2.12. The number of hydrogen-bond donors (Lipinski definition) is 0. The monoisotopic (exact) mass is 214 g/mol. The first-order chi connectivity index (χ1) is 6.49. The highest BCUT2D eigenvalue weighted by molar-refractivity contribution is 6.33. The molecule has 0 unspecified atom stereocenters. The van der Waals surface area contributed by atoms with Gasteiger partial charge in [0.15, 0.2) is 0 Å². The number of benzene rings is 1. The molecule has 0 radical (unpaired) electrons. The Bertz CT molecular complexity index is 359. The molecule has 0 bridgehead atoms. The minimum atomic E-state index is -0.292. The van der Waals surface area contributed by atoms with Gasteiger partial charge in [0.1, 0.15) is 11.6 Å². The Labute approximate surface area is 88.1 Å². The first kappa shape index (κ1) is 11.1. The highest BCUT2D eigenvalue weighted by Crippen LogP contribution is 2.31. The molecule has 0 spiro atoms. The Morgan fingerprint density at radius 2 is 2.07 bits per heavy atom. The third-order valence-corrected chi connectivity index (χ3v) is 2.65. The van der Waals surface area contributed by atoms with Gasteiger partial charge < -0.3 is 4.74 Å². The van der Waals surface area contributed by atoms with Crippen molar-refractivity contribution in [2.24, 2.45) is 0 Å². The molecule has 0 N–H and O–H groups in total. The van der Waals surface area contributed by atoms with Crippen LogP contribution in [0.5, 0.6) is 0 Å². The van der Waals surface area contributed by atoms with Crippen LogP contribution >= 0.6 is 11.6 Å². The SMILES string of the molecule is C=C(OC)c1c(C)c(F)cc(C)c1Cl. The van der Waals surface area contributed by atoms with Gasteiger partial charge in [-0.3, -0.25) is 0 Å². The van der Waals surface area contributed by atoms with Crippen molar-refractivity contribution in [2.75, 3.05) is 7.11 Å². The molecule has 0 amide bonds. The molecular formula is C11H12ClFO. The molecular weight excluding hydrogens is 203 g/mol. The number of halogens is 2. The second-order valence-electron chi connectivity index (χ2n) is 3.12. The third kappa shape index (κ3) is 1.75. The van der Waals surface area contributed by atoms with Crippen molar-refractivity contribution in [1.29, 1.82) is 0 Å². The van der Waals surface area contributed by atoms with Crippen molar-refractivity contribution < 1.29 is 9.13 Å².